The molecule has 1 atom stereocenters. The van der Waals surface area contributed by atoms with E-state index in [-0.39, 0.29) is 6.42 Å². The molecule has 0 spiro atoms. The number of nitrogens with zero attached hydrogens (tertiary/aromatic N) is 4. The minimum absolute atomic E-state index is 0.151. The van der Waals surface area contributed by atoms with Gasteiger partial charge in [0, 0.05) is 21.0 Å². The molecular formula is C21H18ClF3N4O4S. The number of fused-ring (bicyclic) bond motifs is 3. The Hall–Kier alpha value is -3.25. The average Bonchev–Trinajstić information content (AvgIpc) is 3.21. The van der Waals surface area contributed by atoms with Gasteiger partial charge in [0.05, 0.1) is 12.1 Å². The highest BCUT2D eigenvalue weighted by Gasteiger charge is 2.38. The topological polar surface area (TPSA) is 118 Å². The minimum Gasteiger partial charge on any atom is -0.481 e. The quantitative estimate of drug-likeness (QED) is 0.513. The monoisotopic (exact) mass is 514 g/mol. The largest absolute Gasteiger partial charge is 0.490 e. The molecule has 3 aromatic rings. The van der Waals surface area contributed by atoms with Crippen LogP contribution in [-0.2, 0) is 9.59 Å². The van der Waals surface area contributed by atoms with Gasteiger partial charge in [0.15, 0.2) is 5.82 Å². The Morgan fingerprint density at radius 1 is 1.12 bits per heavy atom. The first-order valence-corrected chi connectivity index (χ1v) is 10.9. The van der Waals surface area contributed by atoms with Crippen LogP contribution in [0.25, 0.3) is 5.00 Å². The van der Waals surface area contributed by atoms with Gasteiger partial charge in [0.1, 0.15) is 16.9 Å². The molecule has 0 unspecified atom stereocenters. The molecule has 0 fully saturated rings. The Morgan fingerprint density at radius 3 is 2.24 bits per heavy atom. The molecule has 3 heterocycles. The summed E-state index contributed by atoms with van der Waals surface area (Å²) in [5.74, 6) is -2.41. The lowest BCUT2D eigenvalue weighted by atomic mass is 9.99. The summed E-state index contributed by atoms with van der Waals surface area (Å²) in [6.45, 7) is 6.00. The fourth-order valence-corrected chi connectivity index (χ4v) is 4.64. The molecule has 34 heavy (non-hydrogen) atoms. The maximum absolute atomic E-state index is 11.5. The summed E-state index contributed by atoms with van der Waals surface area (Å²) in [4.78, 5) is 26.4. The van der Waals surface area contributed by atoms with Crippen LogP contribution >= 0.6 is 22.9 Å². The summed E-state index contributed by atoms with van der Waals surface area (Å²) >= 11 is 7.70. The second kappa shape index (κ2) is 9.55. The number of carboxylic acid groups (broad SMARTS) is 2. The van der Waals surface area contributed by atoms with Crippen LogP contribution in [0.2, 0.25) is 5.02 Å². The maximum atomic E-state index is 11.5. The molecule has 2 N–H and O–H groups in total. The molecule has 13 heteroatoms. The van der Waals surface area contributed by atoms with Gasteiger partial charge in [-0.25, -0.2) is 4.79 Å². The smallest absolute Gasteiger partial charge is 0.481 e. The number of aryl methyl sites for hydroxylation is 2. The summed E-state index contributed by atoms with van der Waals surface area (Å²) < 4.78 is 33.7. The van der Waals surface area contributed by atoms with Crippen molar-refractivity contribution in [2.75, 3.05) is 0 Å². The predicted octanol–water partition coefficient (Wildman–Crippen LogP) is 4.91. The van der Waals surface area contributed by atoms with Crippen LogP contribution in [0.5, 0.6) is 0 Å². The van der Waals surface area contributed by atoms with Crippen molar-refractivity contribution in [3.05, 3.63) is 62.5 Å². The first kappa shape index (κ1) is 25.4. The highest BCUT2D eigenvalue weighted by atomic mass is 35.5. The van der Waals surface area contributed by atoms with Crippen molar-refractivity contribution in [2.45, 2.75) is 39.4 Å². The number of carboxylic acids is 2. The van der Waals surface area contributed by atoms with Crippen LogP contribution in [0, 0.1) is 20.8 Å². The van der Waals surface area contributed by atoms with Crippen molar-refractivity contribution in [1.82, 2.24) is 14.8 Å². The van der Waals surface area contributed by atoms with Gasteiger partial charge < -0.3 is 10.2 Å². The molecule has 1 aliphatic rings. The van der Waals surface area contributed by atoms with Crippen molar-refractivity contribution in [3.8, 4) is 5.00 Å². The van der Waals surface area contributed by atoms with E-state index in [1.54, 1.807) is 11.3 Å². The van der Waals surface area contributed by atoms with E-state index in [2.05, 4.69) is 24.0 Å². The van der Waals surface area contributed by atoms with Crippen LogP contribution in [0.15, 0.2) is 29.3 Å². The summed E-state index contributed by atoms with van der Waals surface area (Å²) in [5, 5.41) is 26.6. The SMILES string of the molecule is Cc1sc2c(c1C)C(c1ccc(Cl)cc1)=N[C@@H](CC(=O)O)c1nnc(C)n1-2.O=C(O)C(F)(F)F. The van der Waals surface area contributed by atoms with Crippen molar-refractivity contribution >= 4 is 40.6 Å². The zero-order chi connectivity index (χ0) is 25.4. The number of aliphatic imine (C=N–C) groups is 1. The number of hydrogen-bond acceptors (Lipinski definition) is 6. The lowest BCUT2D eigenvalue weighted by Gasteiger charge is -2.10. The second-order valence-electron chi connectivity index (χ2n) is 7.31. The molecule has 0 aliphatic carbocycles. The van der Waals surface area contributed by atoms with E-state index in [1.165, 1.54) is 4.88 Å². The average molecular weight is 515 g/mol. The molecule has 0 bridgehead atoms. The van der Waals surface area contributed by atoms with Crippen LogP contribution < -0.4 is 0 Å². The Morgan fingerprint density at radius 2 is 1.71 bits per heavy atom. The number of aromatic nitrogens is 3. The fourth-order valence-electron chi connectivity index (χ4n) is 3.30. The first-order valence-electron chi connectivity index (χ1n) is 9.69. The molecule has 0 radical (unpaired) electrons. The Bertz CT molecular complexity index is 1280. The number of carbonyl (C=O) groups is 2. The van der Waals surface area contributed by atoms with E-state index in [4.69, 9.17) is 26.5 Å². The number of benzene rings is 1. The molecule has 0 saturated carbocycles. The molecular weight excluding hydrogens is 497 g/mol. The van der Waals surface area contributed by atoms with E-state index in [0.717, 1.165) is 33.2 Å². The number of thiophene rings is 1. The third-order valence-electron chi connectivity index (χ3n) is 4.97. The lowest BCUT2D eigenvalue weighted by molar-refractivity contribution is -0.192. The van der Waals surface area contributed by atoms with E-state index in [0.29, 0.717) is 10.8 Å². The van der Waals surface area contributed by atoms with Crippen LogP contribution in [0.3, 0.4) is 0 Å². The van der Waals surface area contributed by atoms with Gasteiger partial charge in [-0.3, -0.25) is 14.4 Å². The van der Waals surface area contributed by atoms with Gasteiger partial charge in [-0.05, 0) is 38.5 Å². The van der Waals surface area contributed by atoms with Crippen molar-refractivity contribution in [1.29, 1.82) is 0 Å². The van der Waals surface area contributed by atoms with Gasteiger partial charge in [-0.1, -0.05) is 23.7 Å². The summed E-state index contributed by atoms with van der Waals surface area (Å²) in [5.41, 5.74) is 3.78. The number of halogens is 4. The van der Waals surface area contributed by atoms with Crippen LogP contribution in [0.4, 0.5) is 13.2 Å². The fraction of sp³-hybridized carbons (Fsp3) is 0.286. The van der Waals surface area contributed by atoms with E-state index >= 15 is 0 Å². The summed E-state index contributed by atoms with van der Waals surface area (Å²) in [7, 11) is 0. The summed E-state index contributed by atoms with van der Waals surface area (Å²) in [6, 6.07) is 6.84. The Labute approximate surface area is 200 Å². The van der Waals surface area contributed by atoms with Crippen LogP contribution in [0.1, 0.15) is 45.7 Å². The molecule has 8 nitrogen and oxygen atoms in total. The van der Waals surface area contributed by atoms with Gasteiger partial charge in [0.2, 0.25) is 0 Å². The Balaban J connectivity index is 0.000000406. The van der Waals surface area contributed by atoms with Crippen molar-refractivity contribution in [2.24, 2.45) is 4.99 Å². The number of alkyl halides is 3. The van der Waals surface area contributed by atoms with Crippen molar-refractivity contribution in [3.63, 3.8) is 0 Å². The molecule has 2 aromatic heterocycles. The molecule has 4 rings (SSSR count). The number of rotatable bonds is 3. The molecule has 0 amide bonds. The third kappa shape index (κ3) is 5.12. The Kier molecular flexibility index (Phi) is 7.13. The molecule has 180 valence electrons. The van der Waals surface area contributed by atoms with Gasteiger partial charge >= 0.3 is 18.1 Å². The summed E-state index contributed by atoms with van der Waals surface area (Å²) in [6.07, 6.45) is -5.23. The van der Waals surface area contributed by atoms with E-state index < -0.39 is 24.2 Å². The normalized spacial score (nSPS) is 14.8. The zero-order valence-electron chi connectivity index (χ0n) is 18.0. The molecule has 1 aromatic carbocycles. The van der Waals surface area contributed by atoms with Gasteiger partial charge in [0.25, 0.3) is 0 Å². The number of aliphatic carboxylic acids is 2. The van der Waals surface area contributed by atoms with Gasteiger partial charge in [-0.15, -0.1) is 21.5 Å². The second-order valence-corrected chi connectivity index (χ2v) is 8.95. The third-order valence-corrected chi connectivity index (χ3v) is 6.41. The maximum Gasteiger partial charge on any atom is 0.490 e. The zero-order valence-corrected chi connectivity index (χ0v) is 19.6. The van der Waals surface area contributed by atoms with Crippen LogP contribution in [-0.4, -0.2) is 48.8 Å². The van der Waals surface area contributed by atoms with Gasteiger partial charge in [-0.2, -0.15) is 13.2 Å². The number of hydrogen-bond donors (Lipinski definition) is 2. The molecule has 1 aliphatic heterocycles. The lowest BCUT2D eigenvalue weighted by Crippen LogP contribution is -2.21. The minimum atomic E-state index is -5.08. The predicted molar refractivity (Wildman–Crippen MR) is 119 cm³/mol. The highest BCUT2D eigenvalue weighted by molar-refractivity contribution is 7.15. The van der Waals surface area contributed by atoms with E-state index in [9.17, 15) is 23.1 Å². The van der Waals surface area contributed by atoms with Crippen molar-refractivity contribution < 1.29 is 33.0 Å². The standard InChI is InChI=1S/C19H17ClN4O2S.C2HF3O2/c1-9-10(2)27-19-16(9)17(12-4-6-13(20)7-5-12)21-14(8-15(25)26)18-23-22-11(3)24(18)19;3-2(4,5)1(6)7/h4-7,14H,8H2,1-3H3,(H,25,26);(H,6,7)/t14-;/m0./s1. The highest BCUT2D eigenvalue weighted by Crippen LogP contribution is 2.39. The van der Waals surface area contributed by atoms with E-state index in [1.807, 2.05) is 35.8 Å². The molecule has 0 saturated heterocycles. The first-order chi connectivity index (χ1) is 15.8.